The van der Waals surface area contributed by atoms with Gasteiger partial charge in [0, 0.05) is 38.3 Å². The average Bonchev–Trinajstić information content (AvgIpc) is 2.57. The van der Waals surface area contributed by atoms with Crippen LogP contribution < -0.4 is 5.32 Å². The van der Waals surface area contributed by atoms with Crippen molar-refractivity contribution < 1.29 is 19.1 Å². The highest BCUT2D eigenvalue weighted by Gasteiger charge is 2.33. The molecule has 0 bridgehead atoms. The first kappa shape index (κ1) is 17.6. The summed E-state index contributed by atoms with van der Waals surface area (Å²) in [5.74, 6) is 0.510. The molecule has 25 heavy (non-hydrogen) atoms. The number of fused-ring (bicyclic) bond motifs is 1. The van der Waals surface area contributed by atoms with E-state index < -0.39 is 0 Å². The van der Waals surface area contributed by atoms with Crippen molar-refractivity contribution in [2.75, 3.05) is 18.5 Å². The lowest BCUT2D eigenvalue weighted by Crippen LogP contribution is -2.53. The minimum atomic E-state index is -0.324. The summed E-state index contributed by atoms with van der Waals surface area (Å²) in [5.41, 5.74) is 1.83. The molecule has 2 aliphatic rings. The second-order valence-corrected chi connectivity index (χ2v) is 6.09. The molecule has 0 aliphatic carbocycles. The van der Waals surface area contributed by atoms with E-state index in [-0.39, 0.29) is 24.3 Å². The Morgan fingerprint density at radius 3 is 3.08 bits per heavy atom. The van der Waals surface area contributed by atoms with Crippen LogP contribution in [0.4, 0.5) is 5.82 Å². The summed E-state index contributed by atoms with van der Waals surface area (Å²) in [5, 5.41) is 2.75. The molecule has 7 heteroatoms. The lowest BCUT2D eigenvalue weighted by atomic mass is 10.0. The number of likely N-dealkylation sites (tertiary alicyclic amines) is 1. The van der Waals surface area contributed by atoms with Gasteiger partial charge in [-0.15, -0.1) is 0 Å². The number of hydrogen-bond acceptors (Lipinski definition) is 5. The minimum absolute atomic E-state index is 0.0106. The summed E-state index contributed by atoms with van der Waals surface area (Å²) >= 11 is 0. The summed E-state index contributed by atoms with van der Waals surface area (Å²) in [7, 11) is 0. The molecule has 1 aromatic rings. The van der Waals surface area contributed by atoms with Crippen molar-refractivity contribution in [1.82, 2.24) is 9.88 Å². The van der Waals surface area contributed by atoms with Crippen molar-refractivity contribution in [1.29, 1.82) is 0 Å². The van der Waals surface area contributed by atoms with Crippen LogP contribution in [0.15, 0.2) is 18.3 Å². The number of nitrogens with zero attached hydrogens (tertiary/aromatic N) is 2. The molecule has 1 N–H and O–H groups in total. The van der Waals surface area contributed by atoms with E-state index in [0.29, 0.717) is 31.8 Å². The Bertz CT molecular complexity index is 689. The van der Waals surface area contributed by atoms with Gasteiger partial charge in [0.15, 0.2) is 6.29 Å². The predicted octanol–water partition coefficient (Wildman–Crippen LogP) is 1.94. The van der Waals surface area contributed by atoms with Crippen LogP contribution in [0.5, 0.6) is 0 Å². The summed E-state index contributed by atoms with van der Waals surface area (Å²) in [6, 6.07) is 1.95. The fraction of sp³-hybridized carbons (Fsp3) is 0.500. The number of pyridine rings is 1. The highest BCUT2D eigenvalue weighted by atomic mass is 16.7. The Morgan fingerprint density at radius 1 is 1.52 bits per heavy atom. The number of carbonyl (C=O) groups is 2. The first-order chi connectivity index (χ1) is 12.1. The van der Waals surface area contributed by atoms with E-state index in [2.05, 4.69) is 10.3 Å². The molecule has 3 rings (SSSR count). The van der Waals surface area contributed by atoms with E-state index in [9.17, 15) is 9.59 Å². The van der Waals surface area contributed by atoms with Gasteiger partial charge >= 0.3 is 0 Å². The summed E-state index contributed by atoms with van der Waals surface area (Å²) in [6.07, 6.45) is 6.32. The number of aromatic nitrogens is 1. The van der Waals surface area contributed by atoms with Crippen molar-refractivity contribution >= 4 is 23.7 Å². The van der Waals surface area contributed by atoms with Crippen molar-refractivity contribution in [2.24, 2.45) is 0 Å². The standard InChI is InChI=1S/C18H23N3O4/c1-3-24-12(2)25-17-8-9-21(17)16(23)7-4-13-10-14-5-6-15(22)20-18(14)19-11-13/h4,7,10-12,17H,3,5-6,8-9H2,1-2H3,(H,19,20,22)/b7-4+. The van der Waals surface area contributed by atoms with Crippen molar-refractivity contribution in [3.05, 3.63) is 29.5 Å². The molecular weight excluding hydrogens is 322 g/mol. The Morgan fingerprint density at radius 2 is 2.36 bits per heavy atom. The number of amides is 2. The molecule has 0 aromatic carbocycles. The van der Waals surface area contributed by atoms with Gasteiger partial charge in [0.2, 0.25) is 11.8 Å². The summed E-state index contributed by atoms with van der Waals surface area (Å²) in [4.78, 5) is 29.6. The van der Waals surface area contributed by atoms with Crippen LogP contribution in [-0.2, 0) is 25.5 Å². The first-order valence-corrected chi connectivity index (χ1v) is 8.61. The second-order valence-electron chi connectivity index (χ2n) is 6.09. The molecule has 2 amide bonds. The van der Waals surface area contributed by atoms with E-state index in [1.165, 1.54) is 6.08 Å². The largest absolute Gasteiger partial charge is 0.353 e. The highest BCUT2D eigenvalue weighted by molar-refractivity contribution is 5.94. The van der Waals surface area contributed by atoms with E-state index >= 15 is 0 Å². The zero-order chi connectivity index (χ0) is 17.8. The van der Waals surface area contributed by atoms with E-state index in [1.54, 1.807) is 17.2 Å². The van der Waals surface area contributed by atoms with E-state index in [0.717, 1.165) is 17.5 Å². The summed E-state index contributed by atoms with van der Waals surface area (Å²) < 4.78 is 11.0. The van der Waals surface area contributed by atoms with Crippen LogP contribution in [0.1, 0.15) is 37.8 Å². The number of nitrogens with one attached hydrogen (secondary N) is 1. The maximum Gasteiger partial charge on any atom is 0.248 e. The van der Waals surface area contributed by atoms with Gasteiger partial charge in [0.25, 0.3) is 0 Å². The van der Waals surface area contributed by atoms with Gasteiger partial charge in [-0.1, -0.05) is 0 Å². The molecule has 2 unspecified atom stereocenters. The Hall–Kier alpha value is -2.25. The number of carbonyl (C=O) groups excluding carboxylic acids is 2. The zero-order valence-electron chi connectivity index (χ0n) is 14.5. The van der Waals surface area contributed by atoms with Gasteiger partial charge < -0.3 is 19.7 Å². The number of hydrogen-bond donors (Lipinski definition) is 1. The smallest absolute Gasteiger partial charge is 0.248 e. The van der Waals surface area contributed by atoms with Crippen LogP contribution in [-0.4, -0.2) is 47.4 Å². The Labute approximate surface area is 147 Å². The maximum atomic E-state index is 12.3. The summed E-state index contributed by atoms with van der Waals surface area (Å²) in [6.45, 7) is 5.00. The molecule has 0 saturated carbocycles. The molecule has 1 saturated heterocycles. The van der Waals surface area contributed by atoms with Gasteiger partial charge in [-0.2, -0.15) is 0 Å². The van der Waals surface area contributed by atoms with Crippen LogP contribution in [0.25, 0.3) is 6.08 Å². The molecule has 0 spiro atoms. The first-order valence-electron chi connectivity index (χ1n) is 8.61. The maximum absolute atomic E-state index is 12.3. The fourth-order valence-electron chi connectivity index (χ4n) is 2.88. The molecule has 2 atom stereocenters. The van der Waals surface area contributed by atoms with Gasteiger partial charge in [-0.25, -0.2) is 4.98 Å². The molecular formula is C18H23N3O4. The molecule has 0 radical (unpaired) electrons. The van der Waals surface area contributed by atoms with Gasteiger partial charge in [-0.05, 0) is 43.5 Å². The molecule has 7 nitrogen and oxygen atoms in total. The van der Waals surface area contributed by atoms with E-state index in [4.69, 9.17) is 9.47 Å². The van der Waals surface area contributed by atoms with Crippen LogP contribution in [0.2, 0.25) is 0 Å². The molecule has 2 aliphatic heterocycles. The van der Waals surface area contributed by atoms with Crippen molar-refractivity contribution in [3.8, 4) is 0 Å². The molecule has 1 fully saturated rings. The Kier molecular flexibility index (Phi) is 5.45. The zero-order valence-corrected chi connectivity index (χ0v) is 14.5. The van der Waals surface area contributed by atoms with Gasteiger partial charge in [-0.3, -0.25) is 9.59 Å². The third-order valence-corrected chi connectivity index (χ3v) is 4.28. The molecule has 134 valence electrons. The quantitative estimate of drug-likeness (QED) is 0.629. The van der Waals surface area contributed by atoms with Crippen LogP contribution in [0.3, 0.4) is 0 Å². The average molecular weight is 345 g/mol. The fourth-order valence-corrected chi connectivity index (χ4v) is 2.88. The number of ether oxygens (including phenoxy) is 2. The predicted molar refractivity (Wildman–Crippen MR) is 92.5 cm³/mol. The molecule has 1 aromatic heterocycles. The van der Waals surface area contributed by atoms with Crippen LogP contribution in [0, 0.1) is 0 Å². The van der Waals surface area contributed by atoms with Gasteiger partial charge in [0.1, 0.15) is 12.0 Å². The number of rotatable bonds is 6. The number of aryl methyl sites for hydroxylation is 1. The molecule has 3 heterocycles. The third-order valence-electron chi connectivity index (χ3n) is 4.28. The van der Waals surface area contributed by atoms with Crippen molar-refractivity contribution in [3.63, 3.8) is 0 Å². The van der Waals surface area contributed by atoms with Crippen molar-refractivity contribution in [2.45, 2.75) is 45.6 Å². The monoisotopic (exact) mass is 345 g/mol. The SMILES string of the molecule is CCOC(C)OC1CCN1C(=O)/C=C/c1cnc2c(c1)CCC(=O)N2. The lowest BCUT2D eigenvalue weighted by molar-refractivity contribution is -0.223. The van der Waals surface area contributed by atoms with Gasteiger partial charge in [0.05, 0.1) is 0 Å². The lowest BCUT2D eigenvalue weighted by Gasteiger charge is -2.41. The topological polar surface area (TPSA) is 80.8 Å². The van der Waals surface area contributed by atoms with Crippen LogP contribution >= 0.6 is 0 Å². The third kappa shape index (κ3) is 4.24. The minimum Gasteiger partial charge on any atom is -0.353 e. The number of anilines is 1. The van der Waals surface area contributed by atoms with E-state index in [1.807, 2.05) is 19.9 Å². The Balaban J connectivity index is 1.58. The highest BCUT2D eigenvalue weighted by Crippen LogP contribution is 2.23. The normalized spacial score (nSPS) is 20.8. The second kappa shape index (κ2) is 7.76.